The molecular weight excluding hydrogens is 276 g/mol. The maximum atomic E-state index is 11.7. The van der Waals surface area contributed by atoms with Crippen molar-refractivity contribution in [2.24, 2.45) is 0 Å². The maximum absolute atomic E-state index is 11.7. The van der Waals surface area contributed by atoms with Crippen LogP contribution < -0.4 is 9.47 Å². The van der Waals surface area contributed by atoms with Crippen molar-refractivity contribution < 1.29 is 14.3 Å². The van der Waals surface area contributed by atoms with Gasteiger partial charge in [0.1, 0.15) is 18.1 Å². The quantitative estimate of drug-likeness (QED) is 0.733. The molecule has 0 saturated carbocycles. The summed E-state index contributed by atoms with van der Waals surface area (Å²) in [5, 5.41) is 0. The van der Waals surface area contributed by atoms with Crippen LogP contribution in [0.1, 0.15) is 42.3 Å². The van der Waals surface area contributed by atoms with Gasteiger partial charge in [0.15, 0.2) is 5.78 Å². The Hall–Kier alpha value is -2.29. The zero-order valence-electron chi connectivity index (χ0n) is 13.6. The number of carbonyl (C=O) groups is 1. The number of benzene rings is 2. The first-order valence-corrected chi connectivity index (χ1v) is 7.45. The van der Waals surface area contributed by atoms with E-state index < -0.39 is 0 Å². The molecule has 2 aromatic carbocycles. The molecule has 0 amide bonds. The van der Waals surface area contributed by atoms with Crippen LogP contribution in [0.25, 0.3) is 0 Å². The molecule has 0 aliphatic carbocycles. The number of ketones is 1. The van der Waals surface area contributed by atoms with E-state index in [2.05, 4.69) is 13.0 Å². The summed E-state index contributed by atoms with van der Waals surface area (Å²) >= 11 is 0. The fourth-order valence-corrected chi connectivity index (χ4v) is 2.13. The Morgan fingerprint density at radius 1 is 1.09 bits per heavy atom. The minimum Gasteiger partial charge on any atom is -0.491 e. The van der Waals surface area contributed by atoms with E-state index in [0.29, 0.717) is 23.7 Å². The third-order valence-corrected chi connectivity index (χ3v) is 3.31. The first-order valence-electron chi connectivity index (χ1n) is 7.45. The lowest BCUT2D eigenvalue weighted by atomic mass is 10.1. The van der Waals surface area contributed by atoms with E-state index in [1.54, 1.807) is 19.1 Å². The second-order valence-electron chi connectivity index (χ2n) is 5.63. The Balaban J connectivity index is 2.20. The van der Waals surface area contributed by atoms with Crippen molar-refractivity contribution in [3.63, 3.8) is 0 Å². The van der Waals surface area contributed by atoms with Crippen molar-refractivity contribution in [2.75, 3.05) is 0 Å². The summed E-state index contributed by atoms with van der Waals surface area (Å²) < 4.78 is 11.5. The molecule has 116 valence electrons. The molecule has 0 aliphatic rings. The number of ether oxygens (including phenoxy) is 2. The summed E-state index contributed by atoms with van der Waals surface area (Å²) in [4.78, 5) is 11.7. The van der Waals surface area contributed by atoms with Gasteiger partial charge in [-0.2, -0.15) is 0 Å². The average Bonchev–Trinajstić information content (AvgIpc) is 2.45. The predicted octanol–water partition coefficient (Wildman–Crippen LogP) is 4.56. The second kappa shape index (κ2) is 7.12. The van der Waals surface area contributed by atoms with Gasteiger partial charge in [-0.1, -0.05) is 24.3 Å². The van der Waals surface area contributed by atoms with Crippen LogP contribution in [0.3, 0.4) is 0 Å². The minimum atomic E-state index is -0.00468. The summed E-state index contributed by atoms with van der Waals surface area (Å²) in [6, 6.07) is 13.4. The number of Topliss-reactive ketones (excluding diaryl/α,β-unsaturated/α-hetero) is 1. The molecule has 0 unspecified atom stereocenters. The van der Waals surface area contributed by atoms with Gasteiger partial charge in [0.05, 0.1) is 6.10 Å². The van der Waals surface area contributed by atoms with Crippen LogP contribution in [0.5, 0.6) is 11.5 Å². The normalized spacial score (nSPS) is 10.6. The summed E-state index contributed by atoms with van der Waals surface area (Å²) in [6.07, 6.45) is 0.0476. The summed E-state index contributed by atoms with van der Waals surface area (Å²) in [5.41, 5.74) is 2.91. The van der Waals surface area contributed by atoms with Gasteiger partial charge >= 0.3 is 0 Å². The van der Waals surface area contributed by atoms with Crippen molar-refractivity contribution in [1.82, 2.24) is 0 Å². The Kier molecular flexibility index (Phi) is 5.21. The van der Waals surface area contributed by atoms with E-state index in [1.807, 2.05) is 38.1 Å². The lowest BCUT2D eigenvalue weighted by Crippen LogP contribution is -2.07. The van der Waals surface area contributed by atoms with Gasteiger partial charge in [-0.3, -0.25) is 4.79 Å². The molecular formula is C19H22O3. The molecule has 0 N–H and O–H groups in total. The predicted molar refractivity (Wildman–Crippen MR) is 87.7 cm³/mol. The zero-order chi connectivity index (χ0) is 16.1. The lowest BCUT2D eigenvalue weighted by Gasteiger charge is -2.14. The molecule has 0 atom stereocenters. The summed E-state index contributed by atoms with van der Waals surface area (Å²) in [5.74, 6) is 1.30. The fourth-order valence-electron chi connectivity index (χ4n) is 2.13. The van der Waals surface area contributed by atoms with E-state index in [0.717, 1.165) is 5.56 Å². The van der Waals surface area contributed by atoms with Crippen LogP contribution in [-0.4, -0.2) is 11.9 Å². The molecule has 0 fully saturated rings. The molecule has 0 aromatic heterocycles. The van der Waals surface area contributed by atoms with E-state index in [4.69, 9.17) is 9.47 Å². The van der Waals surface area contributed by atoms with Crippen LogP contribution in [0.15, 0.2) is 42.5 Å². The SMILES string of the molecule is CC(=O)c1cc(OCc2ccccc2C)cc(OC(C)C)c1. The van der Waals surface area contributed by atoms with Crippen molar-refractivity contribution in [3.05, 3.63) is 59.2 Å². The largest absolute Gasteiger partial charge is 0.491 e. The smallest absolute Gasteiger partial charge is 0.160 e. The fraction of sp³-hybridized carbons (Fsp3) is 0.316. The van der Waals surface area contributed by atoms with Gasteiger partial charge in [0.25, 0.3) is 0 Å². The molecule has 0 heterocycles. The van der Waals surface area contributed by atoms with Crippen molar-refractivity contribution in [3.8, 4) is 11.5 Å². The van der Waals surface area contributed by atoms with Crippen molar-refractivity contribution in [2.45, 2.75) is 40.4 Å². The highest BCUT2D eigenvalue weighted by molar-refractivity contribution is 5.94. The second-order valence-corrected chi connectivity index (χ2v) is 5.63. The molecule has 3 nitrogen and oxygen atoms in total. The molecule has 0 aliphatic heterocycles. The van der Waals surface area contributed by atoms with E-state index in [1.165, 1.54) is 5.56 Å². The first kappa shape index (κ1) is 16.1. The number of aryl methyl sites for hydroxylation is 1. The molecule has 22 heavy (non-hydrogen) atoms. The Labute approximate surface area is 131 Å². The van der Waals surface area contributed by atoms with Gasteiger partial charge in [-0.15, -0.1) is 0 Å². The van der Waals surface area contributed by atoms with E-state index in [9.17, 15) is 4.79 Å². The number of hydrogen-bond acceptors (Lipinski definition) is 3. The maximum Gasteiger partial charge on any atom is 0.160 e. The van der Waals surface area contributed by atoms with Gasteiger partial charge < -0.3 is 9.47 Å². The van der Waals surface area contributed by atoms with Gasteiger partial charge in [-0.05, 0) is 51.0 Å². The van der Waals surface area contributed by atoms with Crippen LogP contribution in [-0.2, 0) is 6.61 Å². The molecule has 0 bridgehead atoms. The van der Waals surface area contributed by atoms with Crippen molar-refractivity contribution in [1.29, 1.82) is 0 Å². The Morgan fingerprint density at radius 2 is 1.77 bits per heavy atom. The highest BCUT2D eigenvalue weighted by atomic mass is 16.5. The lowest BCUT2D eigenvalue weighted by molar-refractivity contribution is 0.101. The standard InChI is InChI=1S/C19H22O3/c1-13(2)22-19-10-17(15(4)20)9-18(11-19)21-12-16-8-6-5-7-14(16)3/h5-11,13H,12H2,1-4H3. The Morgan fingerprint density at radius 3 is 2.41 bits per heavy atom. The third kappa shape index (κ3) is 4.35. The Bertz CT molecular complexity index is 659. The van der Waals surface area contributed by atoms with Gasteiger partial charge in [0, 0.05) is 11.6 Å². The van der Waals surface area contributed by atoms with E-state index in [-0.39, 0.29) is 11.9 Å². The van der Waals surface area contributed by atoms with Crippen LogP contribution in [0, 0.1) is 6.92 Å². The average molecular weight is 298 g/mol. The number of carbonyl (C=O) groups excluding carboxylic acids is 1. The molecule has 3 heteroatoms. The molecule has 2 rings (SSSR count). The van der Waals surface area contributed by atoms with Crippen LogP contribution in [0.4, 0.5) is 0 Å². The first-order chi connectivity index (χ1) is 10.5. The van der Waals surface area contributed by atoms with Gasteiger partial charge in [-0.25, -0.2) is 0 Å². The third-order valence-electron chi connectivity index (χ3n) is 3.31. The zero-order valence-corrected chi connectivity index (χ0v) is 13.6. The highest BCUT2D eigenvalue weighted by Gasteiger charge is 2.08. The molecule has 0 radical (unpaired) electrons. The molecule has 2 aromatic rings. The van der Waals surface area contributed by atoms with Gasteiger partial charge in [0.2, 0.25) is 0 Å². The topological polar surface area (TPSA) is 35.5 Å². The monoisotopic (exact) mass is 298 g/mol. The molecule has 0 saturated heterocycles. The van der Waals surface area contributed by atoms with E-state index >= 15 is 0 Å². The number of hydrogen-bond donors (Lipinski definition) is 0. The highest BCUT2D eigenvalue weighted by Crippen LogP contribution is 2.25. The van der Waals surface area contributed by atoms with Crippen molar-refractivity contribution >= 4 is 5.78 Å². The van der Waals surface area contributed by atoms with Crippen LogP contribution >= 0.6 is 0 Å². The minimum absolute atomic E-state index is 0.00468. The summed E-state index contributed by atoms with van der Waals surface area (Å²) in [7, 11) is 0. The number of rotatable bonds is 6. The summed E-state index contributed by atoms with van der Waals surface area (Å²) in [6.45, 7) is 7.97. The van der Waals surface area contributed by atoms with Crippen LogP contribution in [0.2, 0.25) is 0 Å². The molecule has 0 spiro atoms.